The van der Waals surface area contributed by atoms with Crippen molar-refractivity contribution in [2.45, 2.75) is 13.5 Å². The molecule has 0 saturated carbocycles. The number of nitro groups is 1. The summed E-state index contributed by atoms with van der Waals surface area (Å²) in [4.78, 5) is 33.8. The summed E-state index contributed by atoms with van der Waals surface area (Å²) in [7, 11) is 0. The quantitative estimate of drug-likeness (QED) is 0.379. The highest BCUT2D eigenvalue weighted by Gasteiger charge is 2.20. The molecule has 12 nitrogen and oxygen atoms in total. The standard InChI is InChI=1S/C16H13N5O7/c1-8-11(7-17)14(23)20(4-5-22)15(24)13(8)19-18-12-3-2-9(21(27)28)6-10(12)16(25)26/h2-3,6,22-23H,4-5H2,1H3,(H,25,26). The first-order chi connectivity index (χ1) is 13.2. The number of aromatic nitrogens is 1. The molecule has 1 heterocycles. The zero-order chi connectivity index (χ0) is 21.0. The Morgan fingerprint density at radius 2 is 2.07 bits per heavy atom. The largest absolute Gasteiger partial charge is 0.493 e. The van der Waals surface area contributed by atoms with Crippen molar-refractivity contribution in [3.63, 3.8) is 0 Å². The van der Waals surface area contributed by atoms with E-state index in [-0.39, 0.29) is 29.0 Å². The van der Waals surface area contributed by atoms with Crippen molar-refractivity contribution >= 4 is 23.0 Å². The van der Waals surface area contributed by atoms with Gasteiger partial charge in [0.2, 0.25) is 5.88 Å². The lowest BCUT2D eigenvalue weighted by molar-refractivity contribution is -0.384. The van der Waals surface area contributed by atoms with Crippen LogP contribution < -0.4 is 5.56 Å². The molecule has 0 unspecified atom stereocenters. The predicted molar refractivity (Wildman–Crippen MR) is 93.1 cm³/mol. The SMILES string of the molecule is Cc1c(C#N)c(O)n(CCO)c(=O)c1N=Nc1ccc([N+](=O)[O-])cc1C(=O)O. The fourth-order valence-corrected chi connectivity index (χ4v) is 2.36. The third-order valence-electron chi connectivity index (χ3n) is 3.77. The fraction of sp³-hybridized carbons (Fsp3) is 0.188. The van der Waals surface area contributed by atoms with Gasteiger partial charge in [-0.25, -0.2) is 4.79 Å². The number of hydrogen-bond donors (Lipinski definition) is 3. The maximum absolute atomic E-state index is 12.5. The molecule has 0 aliphatic rings. The molecule has 0 aliphatic heterocycles. The van der Waals surface area contributed by atoms with Crippen LogP contribution in [0.1, 0.15) is 21.5 Å². The van der Waals surface area contributed by atoms with E-state index in [0.29, 0.717) is 0 Å². The molecule has 12 heteroatoms. The van der Waals surface area contributed by atoms with Gasteiger partial charge in [0, 0.05) is 17.7 Å². The van der Waals surface area contributed by atoms with Crippen molar-refractivity contribution in [2.24, 2.45) is 10.2 Å². The van der Waals surface area contributed by atoms with Crippen molar-refractivity contribution < 1.29 is 25.0 Å². The molecule has 0 radical (unpaired) electrons. The molecule has 0 saturated heterocycles. The lowest BCUT2D eigenvalue weighted by atomic mass is 10.1. The third-order valence-corrected chi connectivity index (χ3v) is 3.77. The summed E-state index contributed by atoms with van der Waals surface area (Å²) in [6.45, 7) is 0.537. The van der Waals surface area contributed by atoms with Gasteiger partial charge < -0.3 is 15.3 Å². The van der Waals surface area contributed by atoms with Crippen LogP contribution in [0, 0.1) is 28.4 Å². The molecular formula is C16H13N5O7. The third kappa shape index (κ3) is 3.69. The number of hydrogen-bond acceptors (Lipinski definition) is 9. The second-order valence-corrected chi connectivity index (χ2v) is 5.43. The van der Waals surface area contributed by atoms with Crippen LogP contribution in [0.4, 0.5) is 17.1 Å². The number of carbonyl (C=O) groups is 1. The van der Waals surface area contributed by atoms with Gasteiger partial charge in [0.25, 0.3) is 11.2 Å². The highest BCUT2D eigenvalue weighted by Crippen LogP contribution is 2.29. The zero-order valence-corrected chi connectivity index (χ0v) is 14.4. The van der Waals surface area contributed by atoms with Gasteiger partial charge in [0.1, 0.15) is 17.3 Å². The van der Waals surface area contributed by atoms with Crippen LogP contribution >= 0.6 is 0 Å². The first-order valence-electron chi connectivity index (χ1n) is 7.63. The number of carboxylic acids is 1. The van der Waals surface area contributed by atoms with Crippen molar-refractivity contribution in [2.75, 3.05) is 6.61 Å². The van der Waals surface area contributed by atoms with Crippen LogP contribution in [0.15, 0.2) is 33.2 Å². The molecule has 0 spiro atoms. The van der Waals surface area contributed by atoms with Gasteiger partial charge in [0.15, 0.2) is 5.69 Å². The maximum atomic E-state index is 12.5. The van der Waals surface area contributed by atoms with E-state index >= 15 is 0 Å². The van der Waals surface area contributed by atoms with Crippen molar-refractivity contribution in [1.29, 1.82) is 5.26 Å². The van der Waals surface area contributed by atoms with E-state index in [1.54, 1.807) is 6.07 Å². The maximum Gasteiger partial charge on any atom is 0.338 e. The number of benzene rings is 1. The summed E-state index contributed by atoms with van der Waals surface area (Å²) in [5.41, 5.74) is -2.69. The number of aromatic hydroxyl groups is 1. The molecular weight excluding hydrogens is 374 g/mol. The lowest BCUT2D eigenvalue weighted by Crippen LogP contribution is -2.23. The van der Waals surface area contributed by atoms with Gasteiger partial charge >= 0.3 is 5.97 Å². The van der Waals surface area contributed by atoms with Crippen LogP contribution in [-0.2, 0) is 6.54 Å². The van der Waals surface area contributed by atoms with E-state index in [9.17, 15) is 35.2 Å². The number of nitriles is 1. The first-order valence-corrected chi connectivity index (χ1v) is 7.63. The minimum absolute atomic E-state index is 0.00160. The Labute approximate surface area is 156 Å². The zero-order valence-electron chi connectivity index (χ0n) is 14.4. The second-order valence-electron chi connectivity index (χ2n) is 5.43. The number of non-ortho nitro benzene ring substituents is 1. The van der Waals surface area contributed by atoms with E-state index < -0.39 is 40.2 Å². The Balaban J connectivity index is 2.66. The smallest absolute Gasteiger partial charge is 0.338 e. The number of aliphatic hydroxyl groups is 1. The number of aromatic carboxylic acids is 1. The Bertz CT molecular complexity index is 1100. The van der Waals surface area contributed by atoms with E-state index in [1.165, 1.54) is 6.92 Å². The summed E-state index contributed by atoms with van der Waals surface area (Å²) in [6.07, 6.45) is 0. The number of pyridine rings is 1. The highest BCUT2D eigenvalue weighted by molar-refractivity contribution is 5.94. The molecule has 0 amide bonds. The van der Waals surface area contributed by atoms with E-state index in [1.807, 2.05) is 0 Å². The number of nitro benzene ring substituents is 1. The minimum atomic E-state index is -1.49. The van der Waals surface area contributed by atoms with E-state index in [0.717, 1.165) is 22.8 Å². The van der Waals surface area contributed by atoms with Crippen molar-refractivity contribution in [3.8, 4) is 11.9 Å². The Hall–Kier alpha value is -4.11. The molecule has 3 N–H and O–H groups in total. The highest BCUT2D eigenvalue weighted by atomic mass is 16.6. The minimum Gasteiger partial charge on any atom is -0.493 e. The number of nitrogens with zero attached hydrogens (tertiary/aromatic N) is 5. The number of carboxylic acid groups (broad SMARTS) is 1. The number of azo groups is 1. The van der Waals surface area contributed by atoms with Crippen LogP contribution in [0.5, 0.6) is 5.88 Å². The summed E-state index contributed by atoms with van der Waals surface area (Å²) >= 11 is 0. The van der Waals surface area contributed by atoms with Gasteiger partial charge in [-0.3, -0.25) is 19.5 Å². The van der Waals surface area contributed by atoms with E-state index in [2.05, 4.69) is 10.2 Å². The average Bonchev–Trinajstić information content (AvgIpc) is 2.65. The summed E-state index contributed by atoms with van der Waals surface area (Å²) in [5.74, 6) is -2.13. The van der Waals surface area contributed by atoms with Gasteiger partial charge in [-0.15, -0.1) is 10.2 Å². The average molecular weight is 387 g/mol. The van der Waals surface area contributed by atoms with E-state index in [4.69, 9.17) is 5.11 Å². The monoisotopic (exact) mass is 387 g/mol. The first kappa shape index (κ1) is 20.2. The summed E-state index contributed by atoms with van der Waals surface area (Å²) in [5, 5.41) is 55.6. The molecule has 28 heavy (non-hydrogen) atoms. The molecule has 0 bridgehead atoms. The van der Waals surface area contributed by atoms with Crippen molar-refractivity contribution in [1.82, 2.24) is 4.57 Å². The Morgan fingerprint density at radius 3 is 2.61 bits per heavy atom. The van der Waals surface area contributed by atoms with Gasteiger partial charge in [-0.2, -0.15) is 5.26 Å². The number of rotatable bonds is 6. The van der Waals surface area contributed by atoms with Crippen LogP contribution in [0.3, 0.4) is 0 Å². The Morgan fingerprint density at radius 1 is 1.39 bits per heavy atom. The normalized spacial score (nSPS) is 10.8. The molecule has 1 aromatic heterocycles. The van der Waals surface area contributed by atoms with Gasteiger partial charge in [-0.05, 0) is 13.0 Å². The molecule has 0 fully saturated rings. The molecule has 0 aliphatic carbocycles. The summed E-state index contributed by atoms with van der Waals surface area (Å²) in [6, 6.07) is 4.59. The molecule has 2 rings (SSSR count). The van der Waals surface area contributed by atoms with Crippen molar-refractivity contribution in [3.05, 3.63) is 55.4 Å². The van der Waals surface area contributed by atoms with Gasteiger partial charge in [-0.1, -0.05) is 0 Å². The van der Waals surface area contributed by atoms with Gasteiger partial charge in [0.05, 0.1) is 23.6 Å². The van der Waals surface area contributed by atoms with Crippen LogP contribution in [0.25, 0.3) is 0 Å². The second kappa shape index (κ2) is 8.06. The lowest BCUT2D eigenvalue weighted by Gasteiger charge is -2.11. The predicted octanol–water partition coefficient (Wildman–Crippen LogP) is 1.75. The number of aliphatic hydroxyl groups excluding tert-OH is 1. The topological polar surface area (TPSA) is 191 Å². The van der Waals surface area contributed by atoms with Crippen LogP contribution in [-0.4, -0.2) is 37.4 Å². The summed E-state index contributed by atoms with van der Waals surface area (Å²) < 4.78 is 0.730. The van der Waals surface area contributed by atoms with Crippen LogP contribution in [0.2, 0.25) is 0 Å². The molecule has 144 valence electrons. The fourth-order valence-electron chi connectivity index (χ4n) is 2.36. The Kier molecular flexibility index (Phi) is 5.82. The molecule has 1 aromatic carbocycles. The molecule has 2 aromatic rings. The molecule has 0 atom stereocenters.